The molecule has 1 aliphatic carbocycles. The van der Waals surface area contributed by atoms with Gasteiger partial charge in [-0.1, -0.05) is 13.8 Å². The van der Waals surface area contributed by atoms with Gasteiger partial charge in [0.2, 0.25) is 5.91 Å². The Hall–Kier alpha value is -2.45. The van der Waals surface area contributed by atoms with Crippen molar-refractivity contribution in [2.45, 2.75) is 58.2 Å². The Morgan fingerprint density at radius 1 is 1.09 bits per heavy atom. The number of carbonyl (C=O) groups is 3. The number of benzene rings is 1. The lowest BCUT2D eigenvalue weighted by Crippen LogP contribution is -2.53. The Morgan fingerprint density at radius 3 is 2.32 bits per heavy atom. The second-order valence-corrected chi connectivity index (χ2v) is 10.4. The molecule has 0 bridgehead atoms. The molecule has 2 heterocycles. The van der Waals surface area contributed by atoms with Crippen LogP contribution in [0.3, 0.4) is 0 Å². The summed E-state index contributed by atoms with van der Waals surface area (Å²) in [6.07, 6.45) is 2.89. The average molecular weight is 471 g/mol. The molecule has 0 aromatic heterocycles. The van der Waals surface area contributed by atoms with Crippen LogP contribution < -0.4 is 15.5 Å². The number of hydrogen-bond acceptors (Lipinski definition) is 6. The fraction of sp³-hybridized carbons (Fsp3) is 0.654. The van der Waals surface area contributed by atoms with Gasteiger partial charge in [-0.15, -0.1) is 0 Å². The number of anilines is 1. The number of amides is 2. The van der Waals surface area contributed by atoms with Gasteiger partial charge in [-0.25, -0.2) is 0 Å². The van der Waals surface area contributed by atoms with E-state index in [4.69, 9.17) is 4.74 Å². The standard InChI is InChI=1S/C26H38N4O4/c1-17(2)14-22(26(33)28-24-18(3)34-16-23(24)31)27-25(32)20-6-8-21(9-7-20)30-12-10-29(11-13-30)15-19-4-5-19/h6-9,17-19,22,24H,4-5,10-16H2,1-3H3,(H,27,32)(H,28,33)/t18-,22+,24+/m1/s1. The molecule has 2 amide bonds. The van der Waals surface area contributed by atoms with E-state index in [0.717, 1.165) is 37.8 Å². The third-order valence-corrected chi connectivity index (χ3v) is 7.01. The predicted molar refractivity (Wildman–Crippen MR) is 131 cm³/mol. The lowest BCUT2D eigenvalue weighted by atomic mass is 10.0. The molecule has 1 saturated carbocycles. The van der Waals surface area contributed by atoms with Crippen LogP contribution in [-0.4, -0.2) is 80.0 Å². The molecule has 2 saturated heterocycles. The van der Waals surface area contributed by atoms with Gasteiger partial charge in [0.1, 0.15) is 18.7 Å². The van der Waals surface area contributed by atoms with E-state index < -0.39 is 12.1 Å². The average Bonchev–Trinajstić information content (AvgIpc) is 3.58. The van der Waals surface area contributed by atoms with Crippen LogP contribution in [0.2, 0.25) is 0 Å². The van der Waals surface area contributed by atoms with Gasteiger partial charge >= 0.3 is 0 Å². The van der Waals surface area contributed by atoms with E-state index in [-0.39, 0.29) is 36.2 Å². The van der Waals surface area contributed by atoms with E-state index in [0.29, 0.717) is 12.0 Å². The smallest absolute Gasteiger partial charge is 0.251 e. The monoisotopic (exact) mass is 470 g/mol. The zero-order valence-electron chi connectivity index (χ0n) is 20.6. The number of nitrogens with one attached hydrogen (secondary N) is 2. The van der Waals surface area contributed by atoms with Crippen LogP contribution in [0.25, 0.3) is 0 Å². The molecule has 2 aliphatic heterocycles. The quantitative estimate of drug-likeness (QED) is 0.572. The van der Waals surface area contributed by atoms with Gasteiger partial charge in [0, 0.05) is 44.0 Å². The highest BCUT2D eigenvalue weighted by molar-refractivity contribution is 5.99. The van der Waals surface area contributed by atoms with Gasteiger partial charge in [0.05, 0.1) is 6.10 Å². The fourth-order valence-corrected chi connectivity index (χ4v) is 4.74. The molecule has 0 radical (unpaired) electrons. The summed E-state index contributed by atoms with van der Waals surface area (Å²) >= 11 is 0. The number of carbonyl (C=O) groups excluding carboxylic acids is 3. The number of Topliss-reactive ketones (excluding diaryl/α,β-unsaturated/α-hetero) is 1. The van der Waals surface area contributed by atoms with Gasteiger partial charge in [-0.3, -0.25) is 19.3 Å². The molecule has 34 heavy (non-hydrogen) atoms. The first-order chi connectivity index (χ1) is 16.3. The van der Waals surface area contributed by atoms with E-state index in [1.807, 2.05) is 38.1 Å². The van der Waals surface area contributed by atoms with Crippen molar-refractivity contribution in [2.75, 3.05) is 44.2 Å². The highest BCUT2D eigenvalue weighted by Gasteiger charge is 2.36. The molecule has 3 atom stereocenters. The Balaban J connectivity index is 1.33. The number of rotatable bonds is 9. The fourth-order valence-electron chi connectivity index (χ4n) is 4.74. The maximum absolute atomic E-state index is 12.9. The Kier molecular flexibility index (Phi) is 7.88. The van der Waals surface area contributed by atoms with Gasteiger partial charge in [-0.05, 0) is 62.3 Å². The van der Waals surface area contributed by atoms with Crippen LogP contribution in [0.15, 0.2) is 24.3 Å². The summed E-state index contributed by atoms with van der Waals surface area (Å²) in [4.78, 5) is 42.8. The van der Waals surface area contributed by atoms with E-state index in [1.165, 1.54) is 19.4 Å². The van der Waals surface area contributed by atoms with Crippen LogP contribution in [0, 0.1) is 11.8 Å². The van der Waals surface area contributed by atoms with Crippen LogP contribution in [0.4, 0.5) is 5.69 Å². The van der Waals surface area contributed by atoms with E-state index in [2.05, 4.69) is 20.4 Å². The summed E-state index contributed by atoms with van der Waals surface area (Å²) in [7, 11) is 0. The largest absolute Gasteiger partial charge is 0.369 e. The maximum atomic E-state index is 12.9. The summed E-state index contributed by atoms with van der Waals surface area (Å²) < 4.78 is 5.32. The van der Waals surface area contributed by atoms with Crippen molar-refractivity contribution < 1.29 is 19.1 Å². The summed E-state index contributed by atoms with van der Waals surface area (Å²) in [5.74, 6) is 0.341. The Morgan fingerprint density at radius 2 is 1.76 bits per heavy atom. The van der Waals surface area contributed by atoms with E-state index in [1.54, 1.807) is 6.92 Å². The second-order valence-electron chi connectivity index (χ2n) is 10.4. The van der Waals surface area contributed by atoms with Crippen molar-refractivity contribution >= 4 is 23.3 Å². The molecule has 0 unspecified atom stereocenters. The van der Waals surface area contributed by atoms with Gasteiger partial charge in [-0.2, -0.15) is 0 Å². The molecule has 3 fully saturated rings. The van der Waals surface area contributed by atoms with Crippen LogP contribution in [0.1, 0.15) is 50.4 Å². The summed E-state index contributed by atoms with van der Waals surface area (Å²) in [6.45, 7) is 11.2. The van der Waals surface area contributed by atoms with Crippen molar-refractivity contribution in [2.24, 2.45) is 11.8 Å². The van der Waals surface area contributed by atoms with Crippen molar-refractivity contribution in [1.82, 2.24) is 15.5 Å². The molecule has 0 spiro atoms. The number of piperazine rings is 1. The minimum Gasteiger partial charge on any atom is -0.369 e. The van der Waals surface area contributed by atoms with Crippen molar-refractivity contribution in [3.63, 3.8) is 0 Å². The minimum absolute atomic E-state index is 0.00916. The molecule has 3 aliphatic rings. The first kappa shape index (κ1) is 24.7. The highest BCUT2D eigenvalue weighted by Crippen LogP contribution is 2.30. The normalized spacial score (nSPS) is 24.4. The predicted octanol–water partition coefficient (Wildman–Crippen LogP) is 1.84. The number of ketones is 1. The third kappa shape index (κ3) is 6.36. The molecule has 1 aromatic carbocycles. The number of ether oxygens (including phenoxy) is 1. The summed E-state index contributed by atoms with van der Waals surface area (Å²) in [5.41, 5.74) is 1.64. The molecular weight excluding hydrogens is 432 g/mol. The van der Waals surface area contributed by atoms with Crippen molar-refractivity contribution in [3.8, 4) is 0 Å². The van der Waals surface area contributed by atoms with Crippen LogP contribution in [0.5, 0.6) is 0 Å². The number of hydrogen-bond donors (Lipinski definition) is 2. The zero-order chi connectivity index (χ0) is 24.2. The summed E-state index contributed by atoms with van der Waals surface area (Å²) in [5, 5.41) is 5.65. The zero-order valence-corrected chi connectivity index (χ0v) is 20.6. The molecule has 1 aromatic rings. The highest BCUT2D eigenvalue weighted by atomic mass is 16.5. The molecule has 4 rings (SSSR count). The molecule has 186 valence electrons. The number of nitrogens with zero attached hydrogens (tertiary/aromatic N) is 2. The Bertz CT molecular complexity index is 875. The SMILES string of the molecule is CC(C)C[C@H](NC(=O)c1ccc(N2CCN(CC3CC3)CC2)cc1)C(=O)N[C@@H]1C(=O)CO[C@@H]1C. The third-order valence-electron chi connectivity index (χ3n) is 7.01. The van der Waals surface area contributed by atoms with Gasteiger partial charge in [0.25, 0.3) is 5.91 Å². The lowest BCUT2D eigenvalue weighted by molar-refractivity contribution is -0.127. The van der Waals surface area contributed by atoms with Crippen LogP contribution >= 0.6 is 0 Å². The lowest BCUT2D eigenvalue weighted by Gasteiger charge is -2.36. The van der Waals surface area contributed by atoms with E-state index in [9.17, 15) is 14.4 Å². The molecular formula is C26H38N4O4. The first-order valence-electron chi connectivity index (χ1n) is 12.6. The second kappa shape index (κ2) is 10.9. The molecule has 2 N–H and O–H groups in total. The van der Waals surface area contributed by atoms with Crippen molar-refractivity contribution in [3.05, 3.63) is 29.8 Å². The maximum Gasteiger partial charge on any atom is 0.251 e. The first-order valence-corrected chi connectivity index (χ1v) is 12.6. The molecule has 8 heteroatoms. The van der Waals surface area contributed by atoms with Crippen molar-refractivity contribution in [1.29, 1.82) is 0 Å². The summed E-state index contributed by atoms with van der Waals surface area (Å²) in [6, 6.07) is 6.23. The van der Waals surface area contributed by atoms with Crippen LogP contribution in [-0.2, 0) is 14.3 Å². The van der Waals surface area contributed by atoms with E-state index >= 15 is 0 Å². The molecule has 8 nitrogen and oxygen atoms in total. The Labute approximate surface area is 202 Å². The van der Waals surface area contributed by atoms with Gasteiger partial charge < -0.3 is 20.3 Å². The minimum atomic E-state index is -0.715. The van der Waals surface area contributed by atoms with Gasteiger partial charge in [0.15, 0.2) is 5.78 Å². The topological polar surface area (TPSA) is 91.0 Å².